The molecule has 0 bridgehead atoms. The topological polar surface area (TPSA) is 54.9 Å². The standard InChI is InChI=1S/C19H23N3O3/c1-13-9-17(20-16-10-14(24-3)5-6-15(13)16)22-8-4-7-19(12-22)11-21(2)18(23)25-19/h5-6,9-10H,4,7-8,11-12H2,1-3H3/t19-/m0/s1. The molecule has 132 valence electrons. The zero-order valence-electron chi connectivity index (χ0n) is 14.9. The molecule has 2 aliphatic rings. The van der Waals surface area contributed by atoms with E-state index in [1.807, 2.05) is 18.2 Å². The smallest absolute Gasteiger partial charge is 0.410 e. The van der Waals surface area contributed by atoms with Crippen LogP contribution in [-0.4, -0.2) is 55.4 Å². The number of amides is 1. The van der Waals surface area contributed by atoms with Crippen LogP contribution in [0.5, 0.6) is 5.75 Å². The second-order valence-corrected chi connectivity index (χ2v) is 7.11. The van der Waals surface area contributed by atoms with Crippen LogP contribution in [0.1, 0.15) is 18.4 Å². The van der Waals surface area contributed by atoms with Crippen LogP contribution in [0.2, 0.25) is 0 Å². The normalized spacial score (nSPS) is 23.4. The molecule has 1 amide bonds. The Labute approximate surface area is 147 Å². The van der Waals surface area contributed by atoms with Crippen molar-refractivity contribution < 1.29 is 14.3 Å². The first-order chi connectivity index (χ1) is 12.0. The highest BCUT2D eigenvalue weighted by molar-refractivity contribution is 5.85. The van der Waals surface area contributed by atoms with Gasteiger partial charge in [-0.1, -0.05) is 0 Å². The lowest BCUT2D eigenvalue weighted by atomic mass is 9.92. The van der Waals surface area contributed by atoms with Crippen LogP contribution in [0.25, 0.3) is 10.9 Å². The fourth-order valence-corrected chi connectivity index (χ4v) is 3.95. The molecule has 1 aromatic heterocycles. The molecule has 0 unspecified atom stereocenters. The molecule has 0 aliphatic carbocycles. The number of carbonyl (C=O) groups is 1. The maximum atomic E-state index is 11.8. The minimum atomic E-state index is -0.414. The number of fused-ring (bicyclic) bond motifs is 1. The van der Waals surface area contributed by atoms with Crippen molar-refractivity contribution in [2.24, 2.45) is 0 Å². The van der Waals surface area contributed by atoms with Gasteiger partial charge in [0.2, 0.25) is 0 Å². The van der Waals surface area contributed by atoms with Gasteiger partial charge in [0.05, 0.1) is 25.7 Å². The number of benzene rings is 1. The molecule has 2 saturated heterocycles. The average Bonchev–Trinajstić information content (AvgIpc) is 2.87. The molecule has 2 fully saturated rings. The van der Waals surface area contributed by atoms with Gasteiger partial charge in [-0.25, -0.2) is 9.78 Å². The van der Waals surface area contributed by atoms with Crippen molar-refractivity contribution in [3.63, 3.8) is 0 Å². The Bertz CT molecular complexity index is 838. The fourth-order valence-electron chi connectivity index (χ4n) is 3.95. The molecule has 3 heterocycles. The highest BCUT2D eigenvalue weighted by atomic mass is 16.6. The molecule has 1 aromatic carbocycles. The number of pyridine rings is 1. The Morgan fingerprint density at radius 2 is 2.12 bits per heavy atom. The van der Waals surface area contributed by atoms with Crippen LogP contribution in [0.15, 0.2) is 24.3 Å². The summed E-state index contributed by atoms with van der Waals surface area (Å²) in [6.45, 7) is 4.35. The fraction of sp³-hybridized carbons (Fsp3) is 0.474. The zero-order valence-corrected chi connectivity index (χ0v) is 14.9. The van der Waals surface area contributed by atoms with Crippen molar-refractivity contribution in [1.29, 1.82) is 0 Å². The van der Waals surface area contributed by atoms with Crippen LogP contribution >= 0.6 is 0 Å². The summed E-state index contributed by atoms with van der Waals surface area (Å²) in [5.41, 5.74) is 1.69. The molecule has 0 radical (unpaired) electrons. The van der Waals surface area contributed by atoms with Gasteiger partial charge in [-0.15, -0.1) is 0 Å². The van der Waals surface area contributed by atoms with Gasteiger partial charge in [0, 0.05) is 25.0 Å². The molecule has 0 saturated carbocycles. The quantitative estimate of drug-likeness (QED) is 0.840. The molecular formula is C19H23N3O3. The first-order valence-corrected chi connectivity index (χ1v) is 8.64. The Morgan fingerprint density at radius 3 is 2.84 bits per heavy atom. The third-order valence-corrected chi connectivity index (χ3v) is 5.21. The summed E-state index contributed by atoms with van der Waals surface area (Å²) in [6, 6.07) is 8.09. The summed E-state index contributed by atoms with van der Waals surface area (Å²) in [5, 5.41) is 1.13. The highest BCUT2D eigenvalue weighted by Gasteiger charge is 2.46. The number of methoxy groups -OCH3 is 1. The van der Waals surface area contributed by atoms with E-state index in [1.165, 1.54) is 5.56 Å². The maximum Gasteiger partial charge on any atom is 0.410 e. The summed E-state index contributed by atoms with van der Waals surface area (Å²) in [7, 11) is 3.46. The Morgan fingerprint density at radius 1 is 1.28 bits per heavy atom. The number of rotatable bonds is 2. The molecule has 4 rings (SSSR count). The van der Waals surface area contributed by atoms with E-state index in [4.69, 9.17) is 14.5 Å². The molecule has 6 heteroatoms. The second-order valence-electron chi connectivity index (χ2n) is 7.11. The average molecular weight is 341 g/mol. The SMILES string of the molecule is COc1ccc2c(C)cc(N3CCC[C@]4(CN(C)C(=O)O4)C3)nc2c1. The second kappa shape index (κ2) is 5.79. The predicted molar refractivity (Wildman–Crippen MR) is 96.3 cm³/mol. The molecule has 2 aliphatic heterocycles. The van der Waals surface area contributed by atoms with Crippen molar-refractivity contribution in [3.8, 4) is 5.75 Å². The Balaban J connectivity index is 1.68. The van der Waals surface area contributed by atoms with Crippen molar-refractivity contribution in [3.05, 3.63) is 29.8 Å². The van der Waals surface area contributed by atoms with Gasteiger partial charge in [-0.3, -0.25) is 0 Å². The number of anilines is 1. The van der Waals surface area contributed by atoms with Gasteiger partial charge >= 0.3 is 6.09 Å². The van der Waals surface area contributed by atoms with Gasteiger partial charge in [0.25, 0.3) is 0 Å². The third kappa shape index (κ3) is 2.75. The molecule has 0 N–H and O–H groups in total. The van der Waals surface area contributed by atoms with E-state index in [1.54, 1.807) is 19.1 Å². The molecule has 1 spiro atoms. The van der Waals surface area contributed by atoms with E-state index in [2.05, 4.69) is 17.9 Å². The number of nitrogens with zero attached hydrogens (tertiary/aromatic N) is 3. The van der Waals surface area contributed by atoms with Gasteiger partial charge in [0.1, 0.15) is 17.2 Å². The minimum absolute atomic E-state index is 0.228. The lowest BCUT2D eigenvalue weighted by molar-refractivity contribution is 0.0445. The molecule has 25 heavy (non-hydrogen) atoms. The number of hydrogen-bond acceptors (Lipinski definition) is 5. The largest absolute Gasteiger partial charge is 0.497 e. The Kier molecular flexibility index (Phi) is 3.71. The van der Waals surface area contributed by atoms with Gasteiger partial charge < -0.3 is 19.3 Å². The van der Waals surface area contributed by atoms with Gasteiger partial charge in [0.15, 0.2) is 0 Å². The number of aromatic nitrogens is 1. The van der Waals surface area contributed by atoms with Crippen molar-refractivity contribution >= 4 is 22.8 Å². The number of carbonyl (C=O) groups excluding carboxylic acids is 1. The van der Waals surface area contributed by atoms with Crippen molar-refractivity contribution in [1.82, 2.24) is 9.88 Å². The third-order valence-electron chi connectivity index (χ3n) is 5.21. The van der Waals surface area contributed by atoms with Crippen LogP contribution < -0.4 is 9.64 Å². The summed E-state index contributed by atoms with van der Waals surface area (Å²) in [4.78, 5) is 20.6. The molecular weight excluding hydrogens is 318 g/mol. The highest BCUT2D eigenvalue weighted by Crippen LogP contribution is 2.34. The summed E-state index contributed by atoms with van der Waals surface area (Å²) in [6.07, 6.45) is 1.66. The predicted octanol–water partition coefficient (Wildman–Crippen LogP) is 2.97. The van der Waals surface area contributed by atoms with E-state index in [-0.39, 0.29) is 6.09 Å². The number of aryl methyl sites for hydroxylation is 1. The summed E-state index contributed by atoms with van der Waals surface area (Å²) in [5.74, 6) is 1.74. The molecule has 2 aromatic rings. The van der Waals surface area contributed by atoms with Gasteiger partial charge in [-0.05, 0) is 43.5 Å². The van der Waals surface area contributed by atoms with E-state index in [0.717, 1.165) is 41.9 Å². The first kappa shape index (κ1) is 16.0. The lowest BCUT2D eigenvalue weighted by Gasteiger charge is -2.39. The summed E-state index contributed by atoms with van der Waals surface area (Å²) >= 11 is 0. The van der Waals surface area contributed by atoms with Crippen molar-refractivity contribution in [2.75, 3.05) is 38.7 Å². The van der Waals surface area contributed by atoms with E-state index < -0.39 is 5.60 Å². The lowest BCUT2D eigenvalue weighted by Crippen LogP contribution is -2.50. The van der Waals surface area contributed by atoms with Crippen LogP contribution in [0.4, 0.5) is 10.6 Å². The zero-order chi connectivity index (χ0) is 17.6. The monoisotopic (exact) mass is 341 g/mol. The van der Waals surface area contributed by atoms with E-state index in [0.29, 0.717) is 13.1 Å². The maximum absolute atomic E-state index is 11.8. The Hall–Kier alpha value is -2.50. The minimum Gasteiger partial charge on any atom is -0.497 e. The van der Waals surface area contributed by atoms with E-state index >= 15 is 0 Å². The van der Waals surface area contributed by atoms with Crippen LogP contribution in [0, 0.1) is 6.92 Å². The first-order valence-electron chi connectivity index (χ1n) is 8.64. The molecule has 1 atom stereocenters. The summed E-state index contributed by atoms with van der Waals surface area (Å²) < 4.78 is 11.0. The molecule has 6 nitrogen and oxygen atoms in total. The van der Waals surface area contributed by atoms with E-state index in [9.17, 15) is 4.79 Å². The van der Waals surface area contributed by atoms with Crippen LogP contribution in [-0.2, 0) is 4.74 Å². The number of likely N-dealkylation sites (N-methyl/N-ethyl adjacent to an activating group) is 1. The number of piperidine rings is 1. The van der Waals surface area contributed by atoms with Gasteiger partial charge in [-0.2, -0.15) is 0 Å². The van der Waals surface area contributed by atoms with Crippen LogP contribution in [0.3, 0.4) is 0 Å². The van der Waals surface area contributed by atoms with Crippen molar-refractivity contribution in [2.45, 2.75) is 25.4 Å². The number of hydrogen-bond donors (Lipinski definition) is 0. The number of ether oxygens (including phenoxy) is 2.